The zero-order chi connectivity index (χ0) is 11.8. The number of nitrogens with zero attached hydrogens (tertiary/aromatic N) is 2. The molecular formula is C12H17N3O2. The lowest BCUT2D eigenvalue weighted by molar-refractivity contribution is 0.179. The van der Waals surface area contributed by atoms with Gasteiger partial charge in [0.05, 0.1) is 5.69 Å². The summed E-state index contributed by atoms with van der Waals surface area (Å²) >= 11 is 0. The molecule has 0 saturated carbocycles. The Bertz CT molecular complexity index is 495. The maximum Gasteiger partial charge on any atom is 0.275 e. The molecule has 92 valence electrons. The van der Waals surface area contributed by atoms with Crippen molar-refractivity contribution in [2.24, 2.45) is 0 Å². The van der Waals surface area contributed by atoms with Crippen LogP contribution in [0.2, 0.25) is 0 Å². The van der Waals surface area contributed by atoms with Gasteiger partial charge in [0, 0.05) is 12.0 Å². The van der Waals surface area contributed by atoms with Gasteiger partial charge >= 0.3 is 0 Å². The van der Waals surface area contributed by atoms with Gasteiger partial charge in [0.25, 0.3) is 5.56 Å². The summed E-state index contributed by atoms with van der Waals surface area (Å²) in [5.41, 5.74) is 4.64. The van der Waals surface area contributed by atoms with Gasteiger partial charge in [-0.2, -0.15) is 0 Å². The smallest absolute Gasteiger partial charge is 0.275 e. The van der Waals surface area contributed by atoms with Crippen molar-refractivity contribution in [1.82, 2.24) is 9.66 Å². The second-order valence-corrected chi connectivity index (χ2v) is 4.84. The summed E-state index contributed by atoms with van der Waals surface area (Å²) in [6, 6.07) is 0. The van der Waals surface area contributed by atoms with Crippen molar-refractivity contribution in [3.8, 4) is 0 Å². The van der Waals surface area contributed by atoms with Crippen LogP contribution in [-0.4, -0.2) is 21.0 Å². The van der Waals surface area contributed by atoms with Gasteiger partial charge in [0.2, 0.25) is 0 Å². The molecule has 1 aromatic rings. The van der Waals surface area contributed by atoms with Crippen molar-refractivity contribution in [3.63, 3.8) is 0 Å². The Balaban J connectivity index is 2.14. The molecule has 1 unspecified atom stereocenters. The predicted molar refractivity (Wildman–Crippen MR) is 63.4 cm³/mol. The lowest BCUT2D eigenvalue weighted by Gasteiger charge is -2.20. The number of hydrogen-bond acceptors (Lipinski definition) is 4. The molecule has 3 rings (SSSR count). The van der Waals surface area contributed by atoms with Crippen molar-refractivity contribution in [3.05, 3.63) is 27.4 Å². The van der Waals surface area contributed by atoms with Gasteiger partial charge in [-0.25, -0.2) is 9.66 Å². The summed E-state index contributed by atoms with van der Waals surface area (Å²) in [6.07, 6.45) is 5.56. The molecule has 0 radical (unpaired) electrons. The van der Waals surface area contributed by atoms with Gasteiger partial charge in [0.1, 0.15) is 12.1 Å². The first-order chi connectivity index (χ1) is 8.25. The van der Waals surface area contributed by atoms with Crippen LogP contribution in [0.15, 0.2) is 4.79 Å². The Hall–Kier alpha value is -1.36. The summed E-state index contributed by atoms with van der Waals surface area (Å²) < 4.78 is 1.46. The van der Waals surface area contributed by atoms with Crippen LogP contribution in [0.5, 0.6) is 0 Å². The molecule has 5 heteroatoms. The number of aromatic nitrogens is 2. The molecule has 2 aliphatic rings. The summed E-state index contributed by atoms with van der Waals surface area (Å²) in [6.45, 7) is 0. The molecule has 17 heavy (non-hydrogen) atoms. The second-order valence-electron chi connectivity index (χ2n) is 4.84. The van der Waals surface area contributed by atoms with E-state index in [1.54, 1.807) is 0 Å². The second kappa shape index (κ2) is 4.14. The fourth-order valence-electron chi connectivity index (χ4n) is 2.67. The van der Waals surface area contributed by atoms with Crippen molar-refractivity contribution in [2.45, 2.75) is 51.2 Å². The largest absolute Gasteiger partial charge is 0.372 e. The van der Waals surface area contributed by atoms with Crippen LogP contribution in [0.4, 0.5) is 0 Å². The molecule has 0 bridgehead atoms. The molecule has 1 atom stereocenters. The van der Waals surface area contributed by atoms with E-state index in [0.29, 0.717) is 6.42 Å². The standard InChI is InChI=1S/C12H17N3O2/c16-11-7-3-6-10-13-9-5-2-1-4-8(9)12(17)15(10)14-11/h11,14,16H,1-7H2. The quantitative estimate of drug-likeness (QED) is 0.679. The monoisotopic (exact) mass is 235 g/mol. The third-order valence-electron chi connectivity index (χ3n) is 3.58. The van der Waals surface area contributed by atoms with Crippen LogP contribution in [-0.2, 0) is 19.3 Å². The highest BCUT2D eigenvalue weighted by atomic mass is 16.3. The van der Waals surface area contributed by atoms with Crippen molar-refractivity contribution >= 4 is 0 Å². The molecule has 1 aliphatic heterocycles. The summed E-state index contributed by atoms with van der Waals surface area (Å²) in [4.78, 5) is 16.9. The van der Waals surface area contributed by atoms with Crippen LogP contribution in [0.3, 0.4) is 0 Å². The highest BCUT2D eigenvalue weighted by molar-refractivity contribution is 5.22. The van der Waals surface area contributed by atoms with E-state index in [0.717, 1.165) is 55.6 Å². The van der Waals surface area contributed by atoms with E-state index < -0.39 is 6.23 Å². The number of aliphatic hydroxyl groups excluding tert-OH is 1. The predicted octanol–water partition coefficient (Wildman–Crippen LogP) is 0.320. The van der Waals surface area contributed by atoms with Crippen molar-refractivity contribution < 1.29 is 5.11 Å². The van der Waals surface area contributed by atoms with E-state index in [1.165, 1.54) is 4.68 Å². The first-order valence-electron chi connectivity index (χ1n) is 6.34. The Labute approximate surface area is 99.5 Å². The maximum absolute atomic E-state index is 12.3. The fraction of sp³-hybridized carbons (Fsp3) is 0.667. The summed E-state index contributed by atoms with van der Waals surface area (Å²) in [5, 5.41) is 9.67. The highest BCUT2D eigenvalue weighted by Gasteiger charge is 2.22. The normalized spacial score (nSPS) is 23.2. The number of aliphatic hydroxyl groups is 1. The van der Waals surface area contributed by atoms with Crippen LogP contribution in [0.25, 0.3) is 0 Å². The van der Waals surface area contributed by atoms with Gasteiger partial charge in [-0.05, 0) is 38.5 Å². The zero-order valence-corrected chi connectivity index (χ0v) is 9.78. The molecule has 1 aromatic heterocycles. The van der Waals surface area contributed by atoms with E-state index in [1.807, 2.05) is 0 Å². The Morgan fingerprint density at radius 3 is 2.94 bits per heavy atom. The molecule has 0 aromatic carbocycles. The summed E-state index contributed by atoms with van der Waals surface area (Å²) in [5.74, 6) is 0.771. The lowest BCUT2D eigenvalue weighted by atomic mass is 9.97. The van der Waals surface area contributed by atoms with E-state index >= 15 is 0 Å². The Morgan fingerprint density at radius 1 is 1.24 bits per heavy atom. The number of hydrogen-bond donors (Lipinski definition) is 2. The fourth-order valence-corrected chi connectivity index (χ4v) is 2.67. The zero-order valence-electron chi connectivity index (χ0n) is 9.78. The Kier molecular flexibility index (Phi) is 2.63. The molecule has 0 spiro atoms. The lowest BCUT2D eigenvalue weighted by Crippen LogP contribution is -2.39. The molecular weight excluding hydrogens is 218 g/mol. The van der Waals surface area contributed by atoms with Crippen molar-refractivity contribution in [1.29, 1.82) is 0 Å². The molecule has 2 N–H and O–H groups in total. The number of aryl methyl sites for hydroxylation is 2. The van der Waals surface area contributed by atoms with Gasteiger partial charge in [0.15, 0.2) is 0 Å². The number of nitrogens with one attached hydrogen (secondary N) is 1. The minimum atomic E-state index is -0.641. The van der Waals surface area contributed by atoms with E-state index in [-0.39, 0.29) is 5.56 Å². The van der Waals surface area contributed by atoms with Crippen LogP contribution in [0.1, 0.15) is 42.8 Å². The van der Waals surface area contributed by atoms with Gasteiger partial charge in [-0.15, -0.1) is 0 Å². The molecule has 0 amide bonds. The van der Waals surface area contributed by atoms with E-state index in [2.05, 4.69) is 10.4 Å². The van der Waals surface area contributed by atoms with Gasteiger partial charge in [-0.3, -0.25) is 10.2 Å². The number of rotatable bonds is 0. The molecule has 0 saturated heterocycles. The SMILES string of the molecule is O=c1c2c(nc3n1NC(O)CCC3)CCCC2. The van der Waals surface area contributed by atoms with E-state index in [9.17, 15) is 9.90 Å². The van der Waals surface area contributed by atoms with Crippen LogP contribution in [0, 0.1) is 0 Å². The average Bonchev–Trinajstić information content (AvgIpc) is 2.51. The average molecular weight is 235 g/mol. The van der Waals surface area contributed by atoms with Crippen LogP contribution < -0.4 is 11.0 Å². The summed E-state index contributed by atoms with van der Waals surface area (Å²) in [7, 11) is 0. The third kappa shape index (κ3) is 1.84. The van der Waals surface area contributed by atoms with E-state index in [4.69, 9.17) is 0 Å². The third-order valence-corrected chi connectivity index (χ3v) is 3.58. The first kappa shape index (κ1) is 10.8. The molecule has 2 heterocycles. The van der Waals surface area contributed by atoms with Crippen molar-refractivity contribution in [2.75, 3.05) is 5.43 Å². The molecule has 0 fully saturated rings. The molecule has 1 aliphatic carbocycles. The van der Waals surface area contributed by atoms with Crippen LogP contribution >= 0.6 is 0 Å². The maximum atomic E-state index is 12.3. The number of fused-ring (bicyclic) bond motifs is 2. The first-order valence-corrected chi connectivity index (χ1v) is 6.34. The molecule has 5 nitrogen and oxygen atoms in total. The Morgan fingerprint density at radius 2 is 2.06 bits per heavy atom. The topological polar surface area (TPSA) is 67.2 Å². The van der Waals surface area contributed by atoms with Gasteiger partial charge < -0.3 is 5.11 Å². The minimum Gasteiger partial charge on any atom is -0.372 e. The van der Waals surface area contributed by atoms with Gasteiger partial charge in [-0.1, -0.05) is 0 Å². The highest BCUT2D eigenvalue weighted by Crippen LogP contribution is 2.18. The minimum absolute atomic E-state index is 0.00866.